The van der Waals surface area contributed by atoms with Crippen molar-refractivity contribution in [1.29, 1.82) is 0 Å². The van der Waals surface area contributed by atoms with Gasteiger partial charge in [0.1, 0.15) is 17.7 Å². The largest absolute Gasteiger partial charge is 0.368 e. The van der Waals surface area contributed by atoms with Gasteiger partial charge in [-0.3, -0.25) is 4.79 Å². The average molecular weight is 455 g/mol. The Kier molecular flexibility index (Phi) is 6.53. The van der Waals surface area contributed by atoms with Crippen molar-refractivity contribution in [2.24, 2.45) is 5.41 Å². The standard InChI is InChI=1S/C24H27FN4O2S/c1-24(2,3)22(30)29-11-12-31-20(15-29)19-9-6-10-21(27-19)28-23-26-14-17(32-23)13-16-7-4-5-8-18(16)25/h4-10,14,20H,11-13,15H2,1-3H3,(H,26,27,28). The number of aromatic nitrogens is 2. The molecule has 8 heteroatoms. The second-order valence-corrected chi connectivity index (χ2v) is 9.95. The summed E-state index contributed by atoms with van der Waals surface area (Å²) in [4.78, 5) is 24.6. The smallest absolute Gasteiger partial charge is 0.228 e. The monoisotopic (exact) mass is 454 g/mol. The van der Waals surface area contributed by atoms with E-state index in [-0.39, 0.29) is 17.8 Å². The van der Waals surface area contributed by atoms with E-state index in [1.165, 1.54) is 17.4 Å². The summed E-state index contributed by atoms with van der Waals surface area (Å²) in [5.74, 6) is 0.554. The Balaban J connectivity index is 1.43. The van der Waals surface area contributed by atoms with Crippen LogP contribution in [0.15, 0.2) is 48.7 Å². The lowest BCUT2D eigenvalue weighted by Crippen LogP contribution is -2.47. The number of carbonyl (C=O) groups is 1. The van der Waals surface area contributed by atoms with Gasteiger partial charge in [0.2, 0.25) is 5.91 Å². The second kappa shape index (κ2) is 9.34. The summed E-state index contributed by atoms with van der Waals surface area (Å²) >= 11 is 1.47. The van der Waals surface area contributed by atoms with Crippen LogP contribution < -0.4 is 5.32 Å². The Morgan fingerprint density at radius 1 is 1.25 bits per heavy atom. The van der Waals surface area contributed by atoms with E-state index in [0.29, 0.717) is 42.6 Å². The number of thiazole rings is 1. The molecule has 6 nitrogen and oxygen atoms in total. The van der Waals surface area contributed by atoms with Gasteiger partial charge in [0.15, 0.2) is 5.13 Å². The van der Waals surface area contributed by atoms with Gasteiger partial charge in [-0.2, -0.15) is 0 Å². The lowest BCUT2D eigenvalue weighted by Gasteiger charge is -2.36. The minimum Gasteiger partial charge on any atom is -0.368 e. The SMILES string of the molecule is CC(C)(C)C(=O)N1CCOC(c2cccc(Nc3ncc(Cc4ccccc4F)s3)n2)C1. The summed E-state index contributed by atoms with van der Waals surface area (Å²) in [6.45, 7) is 7.34. The Bertz CT molecular complexity index is 1100. The highest BCUT2D eigenvalue weighted by molar-refractivity contribution is 7.15. The molecule has 1 fully saturated rings. The lowest BCUT2D eigenvalue weighted by molar-refractivity contribution is -0.147. The van der Waals surface area contributed by atoms with Crippen LogP contribution in [0.5, 0.6) is 0 Å². The predicted molar refractivity (Wildman–Crippen MR) is 124 cm³/mol. The molecule has 0 bridgehead atoms. The molecule has 3 aromatic rings. The summed E-state index contributed by atoms with van der Waals surface area (Å²) in [6.07, 6.45) is 1.97. The molecule has 1 aliphatic rings. The number of morpholine rings is 1. The minimum absolute atomic E-state index is 0.116. The molecule has 4 rings (SSSR count). The lowest BCUT2D eigenvalue weighted by atomic mass is 9.94. The third-order valence-corrected chi connectivity index (χ3v) is 6.12. The summed E-state index contributed by atoms with van der Waals surface area (Å²) in [5.41, 5.74) is 0.986. The molecular weight excluding hydrogens is 427 g/mol. The van der Waals surface area contributed by atoms with Crippen molar-refractivity contribution in [3.8, 4) is 0 Å². The van der Waals surface area contributed by atoms with E-state index in [1.54, 1.807) is 18.3 Å². The van der Waals surface area contributed by atoms with Gasteiger partial charge in [0.05, 0.1) is 18.8 Å². The van der Waals surface area contributed by atoms with Gasteiger partial charge in [-0.15, -0.1) is 11.3 Å². The van der Waals surface area contributed by atoms with E-state index < -0.39 is 5.41 Å². The van der Waals surface area contributed by atoms with Crippen molar-refractivity contribution in [3.63, 3.8) is 0 Å². The van der Waals surface area contributed by atoms with Crippen molar-refractivity contribution in [3.05, 3.63) is 70.6 Å². The van der Waals surface area contributed by atoms with Gasteiger partial charge in [-0.05, 0) is 23.8 Å². The zero-order valence-corrected chi connectivity index (χ0v) is 19.3. The molecule has 0 saturated carbocycles. The Morgan fingerprint density at radius 2 is 2.06 bits per heavy atom. The third kappa shape index (κ3) is 5.31. The number of nitrogens with zero attached hydrogens (tertiary/aromatic N) is 3. The van der Waals surface area contributed by atoms with Crippen molar-refractivity contribution in [1.82, 2.24) is 14.9 Å². The maximum Gasteiger partial charge on any atom is 0.228 e. The van der Waals surface area contributed by atoms with Crippen LogP contribution in [0.4, 0.5) is 15.3 Å². The number of nitrogens with one attached hydrogen (secondary N) is 1. The summed E-state index contributed by atoms with van der Waals surface area (Å²) < 4.78 is 19.8. The number of hydrogen-bond acceptors (Lipinski definition) is 6. The van der Waals surface area contributed by atoms with Crippen LogP contribution in [0, 0.1) is 11.2 Å². The zero-order valence-electron chi connectivity index (χ0n) is 18.5. The third-order valence-electron chi connectivity index (χ3n) is 5.21. The van der Waals surface area contributed by atoms with Crippen molar-refractivity contribution >= 4 is 28.2 Å². The van der Waals surface area contributed by atoms with E-state index >= 15 is 0 Å². The van der Waals surface area contributed by atoms with Crippen LogP contribution in [-0.2, 0) is 16.0 Å². The molecule has 1 aliphatic heterocycles. The molecule has 1 amide bonds. The first-order valence-electron chi connectivity index (χ1n) is 10.6. The summed E-state index contributed by atoms with van der Waals surface area (Å²) in [5, 5.41) is 3.92. The first-order chi connectivity index (χ1) is 15.3. The van der Waals surface area contributed by atoms with Crippen molar-refractivity contribution in [2.45, 2.75) is 33.3 Å². The number of halogens is 1. The predicted octanol–water partition coefficient (Wildman–Crippen LogP) is 4.96. The van der Waals surface area contributed by atoms with Crippen molar-refractivity contribution < 1.29 is 13.9 Å². The molecule has 2 aromatic heterocycles. The maximum absolute atomic E-state index is 13.9. The van der Waals surface area contributed by atoms with Gasteiger partial charge in [0, 0.05) is 29.5 Å². The van der Waals surface area contributed by atoms with Gasteiger partial charge >= 0.3 is 0 Å². The minimum atomic E-state index is -0.427. The first kappa shape index (κ1) is 22.4. The number of benzene rings is 1. The number of ether oxygens (including phenoxy) is 1. The van der Waals surface area contributed by atoms with E-state index in [9.17, 15) is 9.18 Å². The van der Waals surface area contributed by atoms with Gasteiger partial charge in [-0.1, -0.05) is 45.0 Å². The van der Waals surface area contributed by atoms with Crippen molar-refractivity contribution in [2.75, 3.05) is 25.0 Å². The Hall–Kier alpha value is -2.84. The van der Waals surface area contributed by atoms with Gasteiger partial charge in [0.25, 0.3) is 0 Å². The molecule has 168 valence electrons. The number of hydrogen-bond donors (Lipinski definition) is 1. The maximum atomic E-state index is 13.9. The normalized spacial score (nSPS) is 16.8. The number of anilines is 2. The van der Waals surface area contributed by atoms with Crippen LogP contribution >= 0.6 is 11.3 Å². The molecule has 1 saturated heterocycles. The quantitative estimate of drug-likeness (QED) is 0.590. The van der Waals surface area contributed by atoms with Crippen LogP contribution in [0.2, 0.25) is 0 Å². The van der Waals surface area contributed by atoms with Crippen LogP contribution in [0.25, 0.3) is 0 Å². The summed E-state index contributed by atoms with van der Waals surface area (Å²) in [7, 11) is 0. The molecule has 1 N–H and O–H groups in total. The van der Waals surface area contributed by atoms with Gasteiger partial charge < -0.3 is 15.0 Å². The Labute approximate surface area is 191 Å². The molecule has 0 aliphatic carbocycles. The fourth-order valence-corrected chi connectivity index (χ4v) is 4.42. The molecule has 1 atom stereocenters. The summed E-state index contributed by atoms with van der Waals surface area (Å²) in [6, 6.07) is 12.4. The highest BCUT2D eigenvalue weighted by Gasteiger charge is 2.32. The Morgan fingerprint density at radius 3 is 2.84 bits per heavy atom. The van der Waals surface area contributed by atoms with E-state index in [2.05, 4.69) is 15.3 Å². The number of pyridine rings is 1. The fourth-order valence-electron chi connectivity index (χ4n) is 3.57. The second-order valence-electron chi connectivity index (χ2n) is 8.83. The average Bonchev–Trinajstić information content (AvgIpc) is 3.21. The highest BCUT2D eigenvalue weighted by atomic mass is 32.1. The van der Waals surface area contributed by atoms with Crippen LogP contribution in [0.1, 0.15) is 43.0 Å². The number of carbonyl (C=O) groups excluding carboxylic acids is 1. The molecular formula is C24H27FN4O2S. The number of rotatable bonds is 5. The molecule has 3 heterocycles. The molecule has 32 heavy (non-hydrogen) atoms. The zero-order chi connectivity index (χ0) is 22.7. The molecule has 0 radical (unpaired) electrons. The van der Waals surface area contributed by atoms with E-state index in [4.69, 9.17) is 4.74 Å². The van der Waals surface area contributed by atoms with E-state index in [0.717, 1.165) is 10.6 Å². The van der Waals surface area contributed by atoms with E-state index in [1.807, 2.05) is 49.9 Å². The molecule has 1 aromatic carbocycles. The molecule has 0 spiro atoms. The highest BCUT2D eigenvalue weighted by Crippen LogP contribution is 2.28. The first-order valence-corrected chi connectivity index (χ1v) is 11.4. The van der Waals surface area contributed by atoms with Crippen LogP contribution in [0.3, 0.4) is 0 Å². The molecule has 1 unspecified atom stereocenters. The van der Waals surface area contributed by atoms with Crippen LogP contribution in [-0.4, -0.2) is 40.5 Å². The fraction of sp³-hybridized carbons (Fsp3) is 0.375. The topological polar surface area (TPSA) is 67.3 Å². The number of amides is 1. The van der Waals surface area contributed by atoms with Gasteiger partial charge in [-0.25, -0.2) is 14.4 Å².